The first-order valence-electron chi connectivity index (χ1n) is 7.46. The highest BCUT2D eigenvalue weighted by atomic mass is 32.2. The van der Waals surface area contributed by atoms with Crippen LogP contribution in [-0.2, 0) is 19.6 Å². The van der Waals surface area contributed by atoms with Crippen LogP contribution in [0.15, 0.2) is 24.3 Å². The van der Waals surface area contributed by atoms with Gasteiger partial charge in [0.25, 0.3) is 0 Å². The molecule has 0 aliphatic carbocycles. The van der Waals surface area contributed by atoms with Crippen molar-refractivity contribution in [2.45, 2.75) is 12.8 Å². The number of nitrogens with zero attached hydrogens (tertiary/aromatic N) is 1. The molecule has 1 amide bonds. The van der Waals surface area contributed by atoms with Gasteiger partial charge in [0.2, 0.25) is 15.9 Å². The molecule has 23 heavy (non-hydrogen) atoms. The Balaban J connectivity index is 2.00. The van der Waals surface area contributed by atoms with Crippen molar-refractivity contribution in [1.29, 1.82) is 0 Å². The number of hydrogen-bond donors (Lipinski definition) is 1. The van der Waals surface area contributed by atoms with Crippen LogP contribution in [0.5, 0.6) is 0 Å². The second-order valence-corrected chi connectivity index (χ2v) is 7.56. The zero-order valence-corrected chi connectivity index (χ0v) is 13.8. The van der Waals surface area contributed by atoms with Gasteiger partial charge in [-0.05, 0) is 25.0 Å². The lowest BCUT2D eigenvalue weighted by atomic mass is 9.98. The average molecular weight is 344 g/mol. The number of nitrogens with one attached hydrogen (secondary N) is 1. The van der Waals surface area contributed by atoms with E-state index in [1.54, 1.807) is 6.07 Å². The zero-order chi connectivity index (χ0) is 16.9. The van der Waals surface area contributed by atoms with E-state index in [1.807, 2.05) is 0 Å². The van der Waals surface area contributed by atoms with Gasteiger partial charge in [-0.25, -0.2) is 17.1 Å². The topological polar surface area (TPSA) is 75.7 Å². The molecule has 0 bridgehead atoms. The van der Waals surface area contributed by atoms with E-state index in [4.69, 9.17) is 4.74 Å². The van der Waals surface area contributed by atoms with Crippen molar-refractivity contribution in [2.24, 2.45) is 5.92 Å². The molecule has 0 aromatic heterocycles. The second-order valence-electron chi connectivity index (χ2n) is 5.48. The number of methoxy groups -OCH3 is 1. The molecule has 1 aliphatic rings. The van der Waals surface area contributed by atoms with Gasteiger partial charge in [-0.2, -0.15) is 0 Å². The minimum atomic E-state index is -3.44. The summed E-state index contributed by atoms with van der Waals surface area (Å²) in [5, 5.41) is 2.53. The van der Waals surface area contributed by atoms with E-state index >= 15 is 0 Å². The standard InChI is InChI=1S/C15H21FN2O4S/c1-22-9-10-23(20,21)18-8-4-5-12(11-18)15(19)17-14-7-3-2-6-13(14)16/h2-3,6-7,12H,4-5,8-11H2,1H3,(H,17,19). The van der Waals surface area contributed by atoms with Crippen LogP contribution in [0.1, 0.15) is 12.8 Å². The fourth-order valence-electron chi connectivity index (χ4n) is 2.52. The van der Waals surface area contributed by atoms with E-state index in [1.165, 1.54) is 29.6 Å². The number of para-hydroxylation sites is 1. The molecule has 1 unspecified atom stereocenters. The van der Waals surface area contributed by atoms with Gasteiger partial charge < -0.3 is 10.1 Å². The highest BCUT2D eigenvalue weighted by Crippen LogP contribution is 2.22. The summed E-state index contributed by atoms with van der Waals surface area (Å²) in [6.45, 7) is 0.632. The minimum Gasteiger partial charge on any atom is -0.384 e. The van der Waals surface area contributed by atoms with Gasteiger partial charge in [-0.1, -0.05) is 12.1 Å². The third kappa shape index (κ3) is 4.73. The average Bonchev–Trinajstić information content (AvgIpc) is 2.55. The molecule has 128 valence electrons. The number of carbonyl (C=O) groups excluding carboxylic acids is 1. The molecule has 1 N–H and O–H groups in total. The summed E-state index contributed by atoms with van der Waals surface area (Å²) in [5.41, 5.74) is 0.108. The number of sulfonamides is 1. The van der Waals surface area contributed by atoms with E-state index < -0.39 is 21.8 Å². The maximum absolute atomic E-state index is 13.6. The van der Waals surface area contributed by atoms with Crippen molar-refractivity contribution in [3.63, 3.8) is 0 Å². The Hall–Kier alpha value is -1.51. The van der Waals surface area contributed by atoms with Gasteiger partial charge in [0.1, 0.15) is 5.82 Å². The Morgan fingerprint density at radius 1 is 1.43 bits per heavy atom. The van der Waals surface area contributed by atoms with Gasteiger partial charge in [0.15, 0.2) is 0 Å². The van der Waals surface area contributed by atoms with E-state index in [2.05, 4.69) is 5.32 Å². The molecular formula is C15H21FN2O4S. The number of piperidine rings is 1. The van der Waals surface area contributed by atoms with Crippen LogP contribution in [0.2, 0.25) is 0 Å². The van der Waals surface area contributed by atoms with Crippen LogP contribution in [0.4, 0.5) is 10.1 Å². The Bertz CT molecular complexity index is 651. The Morgan fingerprint density at radius 3 is 2.87 bits per heavy atom. The lowest BCUT2D eigenvalue weighted by Gasteiger charge is -2.31. The third-order valence-corrected chi connectivity index (χ3v) is 5.63. The molecular weight excluding hydrogens is 323 g/mol. The Morgan fingerprint density at radius 2 is 2.17 bits per heavy atom. The van der Waals surface area contributed by atoms with Gasteiger partial charge in [-0.3, -0.25) is 4.79 Å². The summed E-state index contributed by atoms with van der Waals surface area (Å²) in [4.78, 5) is 12.3. The van der Waals surface area contributed by atoms with E-state index in [0.717, 1.165) is 0 Å². The summed E-state index contributed by atoms with van der Waals surface area (Å²) in [5.74, 6) is -1.46. The van der Waals surface area contributed by atoms with Crippen molar-refractivity contribution < 1.29 is 22.3 Å². The lowest BCUT2D eigenvalue weighted by Crippen LogP contribution is -2.45. The fourth-order valence-corrected chi connectivity index (χ4v) is 3.97. The minimum absolute atomic E-state index is 0.106. The van der Waals surface area contributed by atoms with E-state index in [-0.39, 0.29) is 30.5 Å². The van der Waals surface area contributed by atoms with Gasteiger partial charge in [-0.15, -0.1) is 0 Å². The van der Waals surface area contributed by atoms with Crippen molar-refractivity contribution in [2.75, 3.05) is 37.9 Å². The van der Waals surface area contributed by atoms with Crippen LogP contribution < -0.4 is 5.32 Å². The molecule has 2 rings (SSSR count). The Kier molecular flexibility index (Phi) is 6.09. The van der Waals surface area contributed by atoms with Crippen molar-refractivity contribution >= 4 is 21.6 Å². The molecule has 1 aromatic carbocycles. The highest BCUT2D eigenvalue weighted by molar-refractivity contribution is 7.89. The molecule has 1 atom stereocenters. The molecule has 1 heterocycles. The highest BCUT2D eigenvalue weighted by Gasteiger charge is 2.32. The number of halogens is 1. The van der Waals surface area contributed by atoms with Gasteiger partial charge >= 0.3 is 0 Å². The molecule has 1 fully saturated rings. The number of ether oxygens (including phenoxy) is 1. The van der Waals surface area contributed by atoms with Crippen LogP contribution >= 0.6 is 0 Å². The number of amides is 1. The maximum Gasteiger partial charge on any atom is 0.228 e. The van der Waals surface area contributed by atoms with Crippen LogP contribution in [-0.4, -0.2) is 51.2 Å². The smallest absolute Gasteiger partial charge is 0.228 e. The number of carbonyl (C=O) groups is 1. The molecule has 8 heteroatoms. The van der Waals surface area contributed by atoms with Gasteiger partial charge in [0, 0.05) is 20.2 Å². The fraction of sp³-hybridized carbons (Fsp3) is 0.533. The lowest BCUT2D eigenvalue weighted by molar-refractivity contribution is -0.120. The second kappa shape index (κ2) is 7.85. The summed E-state index contributed by atoms with van der Waals surface area (Å²) < 4.78 is 44.1. The largest absolute Gasteiger partial charge is 0.384 e. The third-order valence-electron chi connectivity index (χ3n) is 3.83. The molecule has 6 nitrogen and oxygen atoms in total. The normalized spacial score (nSPS) is 19.5. The first kappa shape index (κ1) is 17.8. The summed E-state index contributed by atoms with van der Waals surface area (Å²) in [6.07, 6.45) is 1.18. The van der Waals surface area contributed by atoms with Crippen molar-refractivity contribution in [3.05, 3.63) is 30.1 Å². The number of rotatable bonds is 6. The quantitative estimate of drug-likeness (QED) is 0.847. The summed E-state index contributed by atoms with van der Waals surface area (Å²) in [6, 6.07) is 5.90. The van der Waals surface area contributed by atoms with Crippen LogP contribution in [0.25, 0.3) is 0 Å². The van der Waals surface area contributed by atoms with E-state index in [9.17, 15) is 17.6 Å². The van der Waals surface area contributed by atoms with Crippen molar-refractivity contribution in [3.8, 4) is 0 Å². The molecule has 1 aliphatic heterocycles. The monoisotopic (exact) mass is 344 g/mol. The first-order chi connectivity index (χ1) is 10.9. The predicted octanol–water partition coefficient (Wildman–Crippen LogP) is 1.45. The number of hydrogen-bond acceptors (Lipinski definition) is 4. The van der Waals surface area contributed by atoms with E-state index in [0.29, 0.717) is 19.4 Å². The maximum atomic E-state index is 13.6. The SMILES string of the molecule is COCCS(=O)(=O)N1CCCC(C(=O)Nc2ccccc2F)C1. The number of anilines is 1. The number of benzene rings is 1. The molecule has 0 radical (unpaired) electrons. The summed E-state index contributed by atoms with van der Waals surface area (Å²) in [7, 11) is -2.00. The van der Waals surface area contributed by atoms with Crippen molar-refractivity contribution in [1.82, 2.24) is 4.31 Å². The first-order valence-corrected chi connectivity index (χ1v) is 9.07. The molecule has 1 saturated heterocycles. The van der Waals surface area contributed by atoms with Crippen LogP contribution in [0, 0.1) is 11.7 Å². The molecule has 1 aromatic rings. The zero-order valence-electron chi connectivity index (χ0n) is 13.0. The van der Waals surface area contributed by atoms with Crippen LogP contribution in [0.3, 0.4) is 0 Å². The molecule has 0 saturated carbocycles. The Labute approximate surface area is 135 Å². The molecule has 0 spiro atoms. The summed E-state index contributed by atoms with van der Waals surface area (Å²) >= 11 is 0. The predicted molar refractivity (Wildman–Crippen MR) is 85.0 cm³/mol. The van der Waals surface area contributed by atoms with Gasteiger partial charge in [0.05, 0.1) is 24.0 Å².